The van der Waals surface area contributed by atoms with Crippen molar-refractivity contribution in [2.45, 2.75) is 6.54 Å². The van der Waals surface area contributed by atoms with Crippen LogP contribution in [-0.2, 0) is 6.54 Å². The van der Waals surface area contributed by atoms with Gasteiger partial charge in [0.25, 0.3) is 0 Å². The van der Waals surface area contributed by atoms with Crippen molar-refractivity contribution in [1.82, 2.24) is 4.98 Å². The van der Waals surface area contributed by atoms with Crippen molar-refractivity contribution in [2.75, 3.05) is 5.32 Å². The topological polar surface area (TPSA) is 38.1 Å². The third-order valence-corrected chi connectivity index (χ3v) is 4.80. The van der Waals surface area contributed by atoms with Crippen LogP contribution in [0.3, 0.4) is 0 Å². The molecule has 3 nitrogen and oxygen atoms in total. The van der Waals surface area contributed by atoms with Crippen molar-refractivity contribution in [3.05, 3.63) is 42.9 Å². The number of furan rings is 1. The molecule has 1 N–H and O–H groups in total. The molecule has 0 aliphatic carbocycles. The number of nitrogens with zero attached hydrogens (tertiary/aromatic N) is 1. The molecule has 2 heterocycles. The van der Waals surface area contributed by atoms with Crippen LogP contribution in [0, 0.1) is 0 Å². The summed E-state index contributed by atoms with van der Waals surface area (Å²) in [6.45, 7) is 0.569. The summed E-state index contributed by atoms with van der Waals surface area (Å²) in [7, 11) is 0. The van der Waals surface area contributed by atoms with Crippen molar-refractivity contribution >= 4 is 65.1 Å². The first kappa shape index (κ1) is 13.4. The SMILES string of the molecule is Clc1ncc(NCc2cc(Br)c(Br)o2)cc1Br. The summed E-state index contributed by atoms with van der Waals surface area (Å²) >= 11 is 15.8. The van der Waals surface area contributed by atoms with Gasteiger partial charge in [-0.25, -0.2) is 4.98 Å². The van der Waals surface area contributed by atoms with Gasteiger partial charge in [-0.05, 0) is 59.9 Å². The molecule has 0 atom stereocenters. The van der Waals surface area contributed by atoms with E-state index in [0.29, 0.717) is 16.4 Å². The zero-order chi connectivity index (χ0) is 12.4. The van der Waals surface area contributed by atoms with E-state index in [-0.39, 0.29) is 0 Å². The lowest BCUT2D eigenvalue weighted by molar-refractivity contribution is 0.494. The zero-order valence-electron chi connectivity index (χ0n) is 8.31. The molecule has 2 aromatic heterocycles. The molecule has 0 saturated carbocycles. The number of hydrogen-bond acceptors (Lipinski definition) is 3. The maximum Gasteiger partial charge on any atom is 0.183 e. The van der Waals surface area contributed by atoms with Gasteiger partial charge in [0.05, 0.1) is 27.4 Å². The van der Waals surface area contributed by atoms with Gasteiger partial charge in [-0.3, -0.25) is 0 Å². The van der Waals surface area contributed by atoms with Gasteiger partial charge in [0, 0.05) is 0 Å². The van der Waals surface area contributed by atoms with Crippen LogP contribution in [-0.4, -0.2) is 4.98 Å². The Hall–Kier alpha value is -0.0400. The Bertz CT molecular complexity index is 525. The number of aromatic nitrogens is 1. The number of rotatable bonds is 3. The quantitative estimate of drug-likeness (QED) is 0.658. The Kier molecular flexibility index (Phi) is 4.52. The Morgan fingerprint density at radius 1 is 1.24 bits per heavy atom. The molecule has 2 rings (SSSR count). The predicted octanol–water partition coefficient (Wildman–Crippen LogP) is 5.23. The Labute approximate surface area is 128 Å². The molecule has 2 aromatic rings. The second kappa shape index (κ2) is 5.73. The van der Waals surface area contributed by atoms with Crippen LogP contribution in [0.15, 0.2) is 36.4 Å². The van der Waals surface area contributed by atoms with E-state index in [2.05, 4.69) is 58.1 Å². The van der Waals surface area contributed by atoms with E-state index in [4.69, 9.17) is 16.0 Å². The van der Waals surface area contributed by atoms with Gasteiger partial charge in [0.1, 0.15) is 10.9 Å². The summed E-state index contributed by atoms with van der Waals surface area (Å²) in [6, 6.07) is 3.76. The van der Waals surface area contributed by atoms with E-state index in [9.17, 15) is 0 Å². The van der Waals surface area contributed by atoms with E-state index in [1.807, 2.05) is 12.1 Å². The van der Waals surface area contributed by atoms with E-state index >= 15 is 0 Å². The van der Waals surface area contributed by atoms with Crippen LogP contribution >= 0.6 is 59.4 Å². The van der Waals surface area contributed by atoms with Gasteiger partial charge in [-0.1, -0.05) is 11.6 Å². The first-order valence-electron chi connectivity index (χ1n) is 4.55. The van der Waals surface area contributed by atoms with Crippen molar-refractivity contribution in [3.8, 4) is 0 Å². The molecule has 0 fully saturated rings. The van der Waals surface area contributed by atoms with Crippen LogP contribution in [0.2, 0.25) is 5.15 Å². The van der Waals surface area contributed by atoms with Crippen LogP contribution in [0.4, 0.5) is 5.69 Å². The minimum atomic E-state index is 0.444. The van der Waals surface area contributed by atoms with E-state index in [1.165, 1.54) is 0 Å². The Morgan fingerprint density at radius 2 is 2.00 bits per heavy atom. The second-order valence-electron chi connectivity index (χ2n) is 3.18. The number of halogens is 4. The summed E-state index contributed by atoms with van der Waals surface area (Å²) in [5.74, 6) is 0.815. The number of pyridine rings is 1. The fraction of sp³-hybridized carbons (Fsp3) is 0.100. The lowest BCUT2D eigenvalue weighted by Crippen LogP contribution is -1.98. The molecule has 0 spiro atoms. The van der Waals surface area contributed by atoms with E-state index < -0.39 is 0 Å². The third-order valence-electron chi connectivity index (χ3n) is 1.96. The lowest BCUT2D eigenvalue weighted by Gasteiger charge is -2.04. The first-order chi connectivity index (χ1) is 8.06. The molecule has 0 aliphatic rings. The predicted molar refractivity (Wildman–Crippen MR) is 78.4 cm³/mol. The van der Waals surface area contributed by atoms with Crippen LogP contribution in [0.1, 0.15) is 5.76 Å². The van der Waals surface area contributed by atoms with Crippen molar-refractivity contribution < 1.29 is 4.42 Å². The summed E-state index contributed by atoms with van der Waals surface area (Å²) < 4.78 is 7.77. The third kappa shape index (κ3) is 3.47. The summed E-state index contributed by atoms with van der Waals surface area (Å²) in [5, 5.41) is 3.63. The molecule has 0 amide bonds. The molecule has 0 radical (unpaired) electrons. The number of nitrogens with one attached hydrogen (secondary N) is 1. The highest BCUT2D eigenvalue weighted by molar-refractivity contribution is 9.13. The zero-order valence-corrected chi connectivity index (χ0v) is 13.8. The summed E-state index contributed by atoms with van der Waals surface area (Å²) in [5.41, 5.74) is 0.866. The van der Waals surface area contributed by atoms with Crippen molar-refractivity contribution in [3.63, 3.8) is 0 Å². The monoisotopic (exact) mass is 442 g/mol. The van der Waals surface area contributed by atoms with Gasteiger partial charge in [-0.15, -0.1) is 0 Å². The molecule has 90 valence electrons. The average molecular weight is 445 g/mol. The molecule has 0 bridgehead atoms. The molecule has 7 heteroatoms. The fourth-order valence-corrected chi connectivity index (χ4v) is 2.30. The molecule has 0 unspecified atom stereocenters. The average Bonchev–Trinajstić information content (AvgIpc) is 2.60. The maximum atomic E-state index is 5.81. The second-order valence-corrected chi connectivity index (χ2v) is 5.97. The molecular weight excluding hydrogens is 439 g/mol. The van der Waals surface area contributed by atoms with Gasteiger partial charge in [-0.2, -0.15) is 0 Å². The molecule has 0 aromatic carbocycles. The lowest BCUT2D eigenvalue weighted by atomic mass is 10.4. The smallest absolute Gasteiger partial charge is 0.183 e. The first-order valence-corrected chi connectivity index (χ1v) is 7.30. The molecular formula is C10H6Br3ClN2O. The molecule has 17 heavy (non-hydrogen) atoms. The Morgan fingerprint density at radius 3 is 2.59 bits per heavy atom. The van der Waals surface area contributed by atoms with Crippen LogP contribution in [0.25, 0.3) is 0 Å². The largest absolute Gasteiger partial charge is 0.451 e. The van der Waals surface area contributed by atoms with Crippen molar-refractivity contribution in [2.24, 2.45) is 0 Å². The number of anilines is 1. The van der Waals surface area contributed by atoms with E-state index in [1.54, 1.807) is 6.20 Å². The van der Waals surface area contributed by atoms with Gasteiger partial charge < -0.3 is 9.73 Å². The summed E-state index contributed by atoms with van der Waals surface area (Å²) in [4.78, 5) is 4.02. The number of hydrogen-bond donors (Lipinski definition) is 1. The van der Waals surface area contributed by atoms with Gasteiger partial charge >= 0.3 is 0 Å². The van der Waals surface area contributed by atoms with E-state index in [0.717, 1.165) is 20.4 Å². The van der Waals surface area contributed by atoms with Gasteiger partial charge in [0.15, 0.2) is 4.67 Å². The highest BCUT2D eigenvalue weighted by atomic mass is 79.9. The Balaban J connectivity index is 2.04. The van der Waals surface area contributed by atoms with Gasteiger partial charge in [0.2, 0.25) is 0 Å². The minimum absolute atomic E-state index is 0.444. The highest BCUT2D eigenvalue weighted by Crippen LogP contribution is 2.27. The molecule has 0 aliphatic heterocycles. The maximum absolute atomic E-state index is 5.81. The summed E-state index contributed by atoms with van der Waals surface area (Å²) in [6.07, 6.45) is 1.67. The highest BCUT2D eigenvalue weighted by Gasteiger charge is 2.06. The normalized spacial score (nSPS) is 10.6. The minimum Gasteiger partial charge on any atom is -0.451 e. The van der Waals surface area contributed by atoms with Crippen LogP contribution < -0.4 is 5.32 Å². The standard InChI is InChI=1S/C10H6Br3ClN2O/c11-7-2-6(17-9(7)13)4-15-5-1-8(12)10(14)16-3-5/h1-3,15H,4H2. The van der Waals surface area contributed by atoms with Crippen molar-refractivity contribution in [1.29, 1.82) is 0 Å². The van der Waals surface area contributed by atoms with Crippen LogP contribution in [0.5, 0.6) is 0 Å². The fourth-order valence-electron chi connectivity index (χ4n) is 1.19. The molecule has 0 saturated heterocycles.